The Bertz CT molecular complexity index is 426. The van der Waals surface area contributed by atoms with Gasteiger partial charge < -0.3 is 20.9 Å². The third-order valence-electron chi connectivity index (χ3n) is 3.98. The largest absolute Gasteiger partial charge is 0.359 e. The number of nitrogens with one attached hydrogen (secondary N) is 3. The average Bonchev–Trinajstić information content (AvgIpc) is 2.51. The van der Waals surface area contributed by atoms with Crippen molar-refractivity contribution in [3.63, 3.8) is 0 Å². The molecule has 0 radical (unpaired) electrons. The molecule has 0 bridgehead atoms. The molecule has 7 nitrogen and oxygen atoms in total. The van der Waals surface area contributed by atoms with Gasteiger partial charge in [0.2, 0.25) is 11.8 Å². The van der Waals surface area contributed by atoms with Gasteiger partial charge in [-0.15, -0.1) is 0 Å². The molecule has 0 atom stereocenters. The van der Waals surface area contributed by atoms with Crippen LogP contribution in [-0.4, -0.2) is 62.4 Å². The third kappa shape index (κ3) is 6.88. The summed E-state index contributed by atoms with van der Waals surface area (Å²) in [4.78, 5) is 29.3. The number of hydrogen-bond donors (Lipinski definition) is 3. The lowest BCUT2D eigenvalue weighted by Gasteiger charge is -2.29. The van der Waals surface area contributed by atoms with Gasteiger partial charge in [-0.3, -0.25) is 9.59 Å². The van der Waals surface area contributed by atoms with E-state index in [9.17, 15) is 9.59 Å². The smallest absolute Gasteiger partial charge is 0.243 e. The van der Waals surface area contributed by atoms with Crippen molar-refractivity contribution >= 4 is 17.8 Å². The van der Waals surface area contributed by atoms with E-state index in [-0.39, 0.29) is 36.4 Å². The van der Waals surface area contributed by atoms with E-state index in [1.807, 2.05) is 13.8 Å². The summed E-state index contributed by atoms with van der Waals surface area (Å²) in [6.45, 7) is 4.20. The lowest BCUT2D eigenvalue weighted by molar-refractivity contribution is -0.127. The monoisotopic (exact) mass is 325 g/mol. The van der Waals surface area contributed by atoms with E-state index in [4.69, 9.17) is 0 Å². The second-order valence-electron chi connectivity index (χ2n) is 6.56. The number of carbonyl (C=O) groups is 2. The number of guanidine groups is 1. The van der Waals surface area contributed by atoms with Crippen LogP contribution in [0.25, 0.3) is 0 Å². The van der Waals surface area contributed by atoms with E-state index < -0.39 is 0 Å². The van der Waals surface area contributed by atoms with Crippen LogP contribution in [0, 0.1) is 5.92 Å². The molecule has 1 fully saturated rings. The van der Waals surface area contributed by atoms with Gasteiger partial charge in [-0.1, -0.05) is 0 Å². The van der Waals surface area contributed by atoms with E-state index in [0.717, 1.165) is 25.7 Å². The summed E-state index contributed by atoms with van der Waals surface area (Å²) < 4.78 is 0. The molecule has 7 heteroatoms. The Morgan fingerprint density at radius 2 is 1.78 bits per heavy atom. The topological polar surface area (TPSA) is 85.8 Å². The van der Waals surface area contributed by atoms with Gasteiger partial charge in [0.15, 0.2) is 5.96 Å². The third-order valence-corrected chi connectivity index (χ3v) is 3.98. The molecular weight excluding hydrogens is 294 g/mol. The van der Waals surface area contributed by atoms with Crippen LogP contribution < -0.4 is 16.0 Å². The number of aliphatic imine (C=N–C) groups is 1. The van der Waals surface area contributed by atoms with Crippen molar-refractivity contribution in [1.29, 1.82) is 0 Å². The van der Waals surface area contributed by atoms with E-state index in [0.29, 0.717) is 5.96 Å². The fraction of sp³-hybridized carbons (Fsp3) is 0.812. The average molecular weight is 325 g/mol. The number of amides is 2. The van der Waals surface area contributed by atoms with Crippen LogP contribution >= 0.6 is 0 Å². The zero-order valence-corrected chi connectivity index (χ0v) is 15.0. The Labute approximate surface area is 139 Å². The highest BCUT2D eigenvalue weighted by molar-refractivity contribution is 5.85. The Morgan fingerprint density at radius 3 is 2.26 bits per heavy atom. The molecule has 0 heterocycles. The van der Waals surface area contributed by atoms with Gasteiger partial charge in [0.1, 0.15) is 6.54 Å². The summed E-state index contributed by atoms with van der Waals surface area (Å²) >= 11 is 0. The molecule has 1 saturated carbocycles. The first kappa shape index (κ1) is 19.3. The molecule has 0 aromatic carbocycles. The van der Waals surface area contributed by atoms with Crippen LogP contribution in [0.15, 0.2) is 4.99 Å². The molecule has 2 amide bonds. The van der Waals surface area contributed by atoms with Crippen LogP contribution in [0.1, 0.15) is 39.5 Å². The van der Waals surface area contributed by atoms with Crippen LogP contribution in [0.5, 0.6) is 0 Å². The van der Waals surface area contributed by atoms with Crippen molar-refractivity contribution in [2.75, 3.05) is 27.7 Å². The van der Waals surface area contributed by atoms with Gasteiger partial charge in [-0.2, -0.15) is 0 Å². The second kappa shape index (κ2) is 9.37. The number of likely N-dealkylation sites (N-methyl/N-ethyl adjacent to an activating group) is 1. The second-order valence-corrected chi connectivity index (χ2v) is 6.56. The lowest BCUT2D eigenvalue weighted by atomic mass is 9.85. The van der Waals surface area contributed by atoms with Gasteiger partial charge in [0.25, 0.3) is 0 Å². The highest BCUT2D eigenvalue weighted by Crippen LogP contribution is 2.24. The van der Waals surface area contributed by atoms with Crippen LogP contribution in [0.3, 0.4) is 0 Å². The molecule has 1 aliphatic carbocycles. The zero-order chi connectivity index (χ0) is 17.4. The van der Waals surface area contributed by atoms with Crippen LogP contribution in [0.4, 0.5) is 0 Å². The Balaban J connectivity index is 2.56. The van der Waals surface area contributed by atoms with Crippen molar-refractivity contribution in [2.45, 2.75) is 51.6 Å². The maximum absolute atomic E-state index is 11.7. The van der Waals surface area contributed by atoms with Crippen molar-refractivity contribution < 1.29 is 9.59 Å². The molecule has 1 rings (SSSR count). The van der Waals surface area contributed by atoms with Gasteiger partial charge >= 0.3 is 0 Å². The maximum atomic E-state index is 11.7. The molecule has 0 unspecified atom stereocenters. The molecule has 0 aromatic rings. The number of nitrogens with zero attached hydrogens (tertiary/aromatic N) is 2. The van der Waals surface area contributed by atoms with Crippen molar-refractivity contribution in [3.8, 4) is 0 Å². The molecule has 1 aliphatic rings. The number of rotatable bonds is 5. The van der Waals surface area contributed by atoms with Crippen molar-refractivity contribution in [2.24, 2.45) is 10.9 Å². The van der Waals surface area contributed by atoms with E-state index in [1.165, 1.54) is 4.90 Å². The van der Waals surface area contributed by atoms with Crippen LogP contribution in [0.2, 0.25) is 0 Å². The summed E-state index contributed by atoms with van der Waals surface area (Å²) in [5.41, 5.74) is 0. The molecule has 0 saturated heterocycles. The first-order chi connectivity index (χ1) is 10.8. The Kier molecular flexibility index (Phi) is 7.85. The van der Waals surface area contributed by atoms with Crippen molar-refractivity contribution in [1.82, 2.24) is 20.9 Å². The molecule has 0 aromatic heterocycles. The number of hydrogen-bond acceptors (Lipinski definition) is 3. The highest BCUT2D eigenvalue weighted by atomic mass is 16.2. The molecule has 132 valence electrons. The SMILES string of the molecule is CNC(=O)C1CCC(NC(=NCC(=O)N(C)C)NC(C)C)CC1. The summed E-state index contributed by atoms with van der Waals surface area (Å²) in [6, 6.07) is 0.522. The minimum Gasteiger partial charge on any atom is -0.359 e. The molecule has 23 heavy (non-hydrogen) atoms. The summed E-state index contributed by atoms with van der Waals surface area (Å²) in [5.74, 6) is 0.887. The van der Waals surface area contributed by atoms with E-state index >= 15 is 0 Å². The predicted octanol–water partition coefficient (Wildman–Crippen LogP) is 0.323. The molecule has 3 N–H and O–H groups in total. The van der Waals surface area contributed by atoms with Gasteiger partial charge in [0.05, 0.1) is 0 Å². The number of carbonyl (C=O) groups excluding carboxylic acids is 2. The first-order valence-corrected chi connectivity index (χ1v) is 8.32. The van der Waals surface area contributed by atoms with Gasteiger partial charge in [-0.05, 0) is 39.5 Å². The summed E-state index contributed by atoms with van der Waals surface area (Å²) in [5, 5.41) is 9.37. The standard InChI is InChI=1S/C16H31N5O2/c1-11(2)19-16(18-10-14(22)21(4)5)20-13-8-6-12(7-9-13)15(23)17-3/h11-13H,6-10H2,1-5H3,(H,17,23)(H2,18,19,20). The fourth-order valence-corrected chi connectivity index (χ4v) is 2.59. The zero-order valence-electron chi connectivity index (χ0n) is 15.0. The Morgan fingerprint density at radius 1 is 1.17 bits per heavy atom. The van der Waals surface area contributed by atoms with Gasteiger partial charge in [-0.25, -0.2) is 4.99 Å². The summed E-state index contributed by atoms with van der Waals surface area (Å²) in [7, 11) is 5.13. The Hall–Kier alpha value is -1.79. The fourth-order valence-electron chi connectivity index (χ4n) is 2.59. The molecule has 0 spiro atoms. The van der Waals surface area contributed by atoms with Crippen LogP contribution in [-0.2, 0) is 9.59 Å². The van der Waals surface area contributed by atoms with Crippen molar-refractivity contribution in [3.05, 3.63) is 0 Å². The van der Waals surface area contributed by atoms with Gasteiger partial charge in [0, 0.05) is 39.1 Å². The normalized spacial score (nSPS) is 21.7. The maximum Gasteiger partial charge on any atom is 0.243 e. The summed E-state index contributed by atoms with van der Waals surface area (Å²) in [6.07, 6.45) is 3.61. The minimum atomic E-state index is -0.0295. The van der Waals surface area contributed by atoms with E-state index in [1.54, 1.807) is 21.1 Å². The molecular formula is C16H31N5O2. The predicted molar refractivity (Wildman–Crippen MR) is 92.2 cm³/mol. The highest BCUT2D eigenvalue weighted by Gasteiger charge is 2.26. The first-order valence-electron chi connectivity index (χ1n) is 8.32. The molecule has 0 aliphatic heterocycles. The lowest BCUT2D eigenvalue weighted by Crippen LogP contribution is -2.48. The van der Waals surface area contributed by atoms with E-state index in [2.05, 4.69) is 20.9 Å². The minimum absolute atomic E-state index is 0.0295. The quantitative estimate of drug-likeness (QED) is 0.502.